The van der Waals surface area contributed by atoms with E-state index in [0.29, 0.717) is 0 Å². The van der Waals surface area contributed by atoms with E-state index < -0.39 is 15.4 Å². The average molecular weight is 256 g/mol. The summed E-state index contributed by atoms with van der Waals surface area (Å²) in [7, 11) is 1.38. The van der Waals surface area contributed by atoms with Gasteiger partial charge in [-0.15, -0.1) is 5.48 Å². The van der Waals surface area contributed by atoms with Crippen LogP contribution in [0.2, 0.25) is 0 Å². The number of hydroxylamine groups is 1. The third-order valence-electron chi connectivity index (χ3n) is 0.747. The van der Waals surface area contributed by atoms with Gasteiger partial charge in [-0.2, -0.15) is 0 Å². The molecule has 0 fully saturated rings. The first kappa shape index (κ1) is 12.4. The lowest BCUT2D eigenvalue weighted by atomic mass is 10.8. The van der Waals surface area contributed by atoms with Crippen LogP contribution in [0.25, 0.3) is 0 Å². The van der Waals surface area contributed by atoms with Crippen molar-refractivity contribution in [3.8, 4) is 0 Å². The quantitative estimate of drug-likeness (QED) is 0.449. The zero-order valence-corrected chi connectivity index (χ0v) is 8.93. The average Bonchev–Trinajstić information content (AvgIpc) is 1.97. The van der Waals surface area contributed by atoms with E-state index in [-0.39, 0.29) is 0 Å². The second kappa shape index (κ2) is 5.19. The summed E-state index contributed by atoms with van der Waals surface area (Å²) in [6, 6.07) is 0. The summed E-state index contributed by atoms with van der Waals surface area (Å²) < 4.78 is -1.74. The number of carbonyl (C=O) groups is 1. The molecule has 0 saturated carbocycles. The highest BCUT2D eigenvalue weighted by Gasteiger charge is 2.31. The topological polar surface area (TPSA) is 50.4 Å². The van der Waals surface area contributed by atoms with Crippen LogP contribution in [0.15, 0.2) is 0 Å². The molecule has 0 aliphatic rings. The number of alkyl halides is 4. The molecule has 4 nitrogen and oxygen atoms in total. The van der Waals surface area contributed by atoms with Crippen LogP contribution in [0.3, 0.4) is 0 Å². The monoisotopic (exact) mass is 254 g/mol. The summed E-state index contributed by atoms with van der Waals surface area (Å²) in [5.41, 5.74) is 0.920. The van der Waals surface area contributed by atoms with E-state index in [4.69, 9.17) is 46.4 Å². The minimum absolute atomic E-state index is 0.727. The largest absolute Gasteiger partial charge is 0.425 e. The minimum Gasteiger partial charge on any atom is -0.352 e. The lowest BCUT2D eigenvalue weighted by molar-refractivity contribution is 0.0856. The third-order valence-corrected chi connectivity index (χ3v) is 2.15. The van der Waals surface area contributed by atoms with E-state index >= 15 is 0 Å². The summed E-state index contributed by atoms with van der Waals surface area (Å²) >= 11 is 21.5. The first-order valence-electron chi connectivity index (χ1n) is 2.72. The van der Waals surface area contributed by atoms with Gasteiger partial charge in [-0.25, -0.2) is 4.79 Å². The van der Waals surface area contributed by atoms with Gasteiger partial charge >= 0.3 is 6.09 Å². The smallest absolute Gasteiger partial charge is 0.352 e. The van der Waals surface area contributed by atoms with Crippen LogP contribution in [-0.4, -0.2) is 22.4 Å². The molecular formula is C4H6Cl4N2O2. The molecule has 2 N–H and O–H groups in total. The van der Waals surface area contributed by atoms with E-state index in [1.165, 1.54) is 7.05 Å². The first-order valence-corrected chi connectivity index (χ1v) is 4.30. The van der Waals surface area contributed by atoms with Gasteiger partial charge in [-0.05, 0) is 0 Å². The Bertz CT molecular complexity index is 160. The predicted octanol–water partition coefficient (Wildman–Crippen LogP) is 1.78. The van der Waals surface area contributed by atoms with Crippen molar-refractivity contribution in [2.45, 2.75) is 9.29 Å². The lowest BCUT2D eigenvalue weighted by Gasteiger charge is -2.17. The molecule has 0 radical (unpaired) electrons. The van der Waals surface area contributed by atoms with Crippen LogP contribution in [0, 0.1) is 0 Å². The number of amides is 1. The maximum Gasteiger partial charge on any atom is 0.425 e. The van der Waals surface area contributed by atoms with Crippen LogP contribution in [0.5, 0.6) is 0 Å². The molecule has 0 spiro atoms. The van der Waals surface area contributed by atoms with Crippen LogP contribution < -0.4 is 10.8 Å². The highest BCUT2D eigenvalue weighted by atomic mass is 35.6. The van der Waals surface area contributed by atoms with Gasteiger partial charge in [-0.3, -0.25) is 0 Å². The molecule has 0 bridgehead atoms. The second-order valence-corrected chi connectivity index (χ2v) is 4.47. The zero-order valence-electron chi connectivity index (χ0n) is 5.91. The maximum atomic E-state index is 10.5. The van der Waals surface area contributed by atoms with Crippen LogP contribution >= 0.6 is 46.4 Å². The Kier molecular flexibility index (Phi) is 5.36. The molecule has 0 aromatic rings. The minimum atomic E-state index is -1.74. The van der Waals surface area contributed by atoms with Gasteiger partial charge in [0.05, 0.1) is 0 Å². The fourth-order valence-electron chi connectivity index (χ4n) is 0.223. The second-order valence-electron chi connectivity index (χ2n) is 1.66. The first-order chi connectivity index (χ1) is 5.38. The van der Waals surface area contributed by atoms with Crippen molar-refractivity contribution >= 4 is 52.5 Å². The summed E-state index contributed by atoms with van der Waals surface area (Å²) in [6.45, 7) is 0. The molecule has 12 heavy (non-hydrogen) atoms. The van der Waals surface area contributed by atoms with Crippen molar-refractivity contribution in [2.24, 2.45) is 0 Å². The van der Waals surface area contributed by atoms with E-state index in [2.05, 4.69) is 10.2 Å². The SMILES string of the molecule is CNC(=O)ONC(Cl)C(Cl)(Cl)Cl. The van der Waals surface area contributed by atoms with Crippen molar-refractivity contribution in [3.05, 3.63) is 0 Å². The summed E-state index contributed by atoms with van der Waals surface area (Å²) in [5, 5.41) is 2.16. The van der Waals surface area contributed by atoms with Crippen LogP contribution in [0.1, 0.15) is 0 Å². The van der Waals surface area contributed by atoms with Gasteiger partial charge in [-0.1, -0.05) is 46.4 Å². The Labute approximate surface area is 89.4 Å². The highest BCUT2D eigenvalue weighted by Crippen LogP contribution is 2.32. The Morgan fingerprint density at radius 3 is 2.33 bits per heavy atom. The van der Waals surface area contributed by atoms with Crippen molar-refractivity contribution in [1.82, 2.24) is 10.8 Å². The molecule has 1 unspecified atom stereocenters. The zero-order chi connectivity index (χ0) is 9.78. The summed E-state index contributed by atoms with van der Waals surface area (Å²) in [5.74, 6) is 0. The van der Waals surface area contributed by atoms with Crippen molar-refractivity contribution < 1.29 is 9.63 Å². The molecular weight excluding hydrogens is 250 g/mol. The third kappa shape index (κ3) is 5.11. The number of halogens is 4. The van der Waals surface area contributed by atoms with E-state index in [9.17, 15) is 4.79 Å². The van der Waals surface area contributed by atoms with Gasteiger partial charge in [0.15, 0.2) is 5.50 Å². The molecule has 8 heteroatoms. The maximum absolute atomic E-state index is 10.5. The van der Waals surface area contributed by atoms with Crippen molar-refractivity contribution in [2.75, 3.05) is 7.05 Å². The van der Waals surface area contributed by atoms with Crippen molar-refractivity contribution in [1.29, 1.82) is 0 Å². The molecule has 1 atom stereocenters. The van der Waals surface area contributed by atoms with Crippen LogP contribution in [-0.2, 0) is 4.84 Å². The molecule has 1 amide bonds. The van der Waals surface area contributed by atoms with Crippen molar-refractivity contribution in [3.63, 3.8) is 0 Å². The molecule has 0 rings (SSSR count). The molecule has 0 saturated heterocycles. The van der Waals surface area contributed by atoms with Crippen LogP contribution in [0.4, 0.5) is 4.79 Å². The van der Waals surface area contributed by atoms with Gasteiger partial charge in [0, 0.05) is 7.05 Å². The summed E-state index contributed by atoms with van der Waals surface area (Å²) in [4.78, 5) is 14.8. The number of hydrogen-bond donors (Lipinski definition) is 2. The fraction of sp³-hybridized carbons (Fsp3) is 0.750. The van der Waals surface area contributed by atoms with E-state index in [1.54, 1.807) is 0 Å². The molecule has 0 aliphatic heterocycles. The predicted molar refractivity (Wildman–Crippen MR) is 48.6 cm³/mol. The summed E-state index contributed by atoms with van der Waals surface area (Å²) in [6.07, 6.45) is -0.727. The normalized spacial score (nSPS) is 13.8. The molecule has 0 aliphatic carbocycles. The van der Waals surface area contributed by atoms with Gasteiger partial charge in [0.1, 0.15) is 0 Å². The van der Waals surface area contributed by atoms with E-state index in [0.717, 1.165) is 0 Å². The Hall–Kier alpha value is 0.390. The molecule has 0 aromatic heterocycles. The van der Waals surface area contributed by atoms with E-state index in [1.807, 2.05) is 5.48 Å². The number of carbonyl (C=O) groups excluding carboxylic acids is 1. The molecule has 0 aromatic carbocycles. The molecule has 72 valence electrons. The Morgan fingerprint density at radius 1 is 1.50 bits per heavy atom. The molecule has 0 heterocycles. The standard InChI is InChI=1S/C4H6Cl4N2O2/c1-9-3(11)12-10-2(5)4(6,7)8/h2,10H,1H3,(H,9,11). The Balaban J connectivity index is 3.72. The van der Waals surface area contributed by atoms with Gasteiger partial charge in [0.25, 0.3) is 0 Å². The number of hydrogen-bond acceptors (Lipinski definition) is 3. The fourth-order valence-corrected chi connectivity index (χ4v) is 0.401. The Morgan fingerprint density at radius 2 is 2.00 bits per heavy atom. The van der Waals surface area contributed by atoms with Gasteiger partial charge in [0.2, 0.25) is 3.79 Å². The highest BCUT2D eigenvalue weighted by molar-refractivity contribution is 6.70. The number of rotatable bonds is 2. The number of nitrogens with one attached hydrogen (secondary N) is 2. The van der Waals surface area contributed by atoms with Gasteiger partial charge < -0.3 is 10.2 Å². The lowest BCUT2D eigenvalue weighted by Crippen LogP contribution is -2.39.